The van der Waals surface area contributed by atoms with E-state index >= 15 is 0 Å². The highest BCUT2D eigenvalue weighted by Gasteiger charge is 2.22. The van der Waals surface area contributed by atoms with Crippen molar-refractivity contribution < 1.29 is 17.9 Å². The Morgan fingerprint density at radius 2 is 1.79 bits per heavy atom. The van der Waals surface area contributed by atoms with Crippen molar-refractivity contribution in [1.82, 2.24) is 9.62 Å². The van der Waals surface area contributed by atoms with Crippen molar-refractivity contribution in [2.75, 3.05) is 20.7 Å². The van der Waals surface area contributed by atoms with Gasteiger partial charge in [-0.15, -0.1) is 0 Å². The summed E-state index contributed by atoms with van der Waals surface area (Å²) < 4.78 is 32.3. The fourth-order valence-corrected chi connectivity index (χ4v) is 3.81. The normalized spacial score (nSPS) is 11.7. The van der Waals surface area contributed by atoms with E-state index < -0.39 is 10.0 Å². The third-order valence-electron chi connectivity index (χ3n) is 4.34. The largest absolute Gasteiger partial charge is 0.496 e. The Balaban J connectivity index is 2.26. The van der Waals surface area contributed by atoms with E-state index in [0.717, 1.165) is 5.56 Å². The summed E-state index contributed by atoms with van der Waals surface area (Å²) in [5.41, 5.74) is 2.08. The zero-order valence-electron chi connectivity index (χ0n) is 17.0. The zero-order valence-corrected chi connectivity index (χ0v) is 17.8. The molecule has 0 fully saturated rings. The Morgan fingerprint density at radius 3 is 2.36 bits per heavy atom. The number of rotatable bonds is 8. The lowest BCUT2D eigenvalue weighted by Crippen LogP contribution is -2.28. The molecule has 1 amide bonds. The van der Waals surface area contributed by atoms with Crippen molar-refractivity contribution in [3.63, 3.8) is 0 Å². The van der Waals surface area contributed by atoms with E-state index in [1.165, 1.54) is 18.5 Å². The minimum atomic E-state index is -3.66. The second kappa shape index (κ2) is 9.21. The van der Waals surface area contributed by atoms with E-state index in [1.807, 2.05) is 20.8 Å². The summed E-state index contributed by atoms with van der Waals surface area (Å²) in [6.07, 6.45) is 0. The Labute approximate surface area is 167 Å². The van der Waals surface area contributed by atoms with Crippen LogP contribution >= 0.6 is 0 Å². The van der Waals surface area contributed by atoms with Crippen LogP contribution in [0.2, 0.25) is 0 Å². The molecular weight excluding hydrogens is 376 g/mol. The molecule has 0 heterocycles. The minimum absolute atomic E-state index is 0.0880. The monoisotopic (exact) mass is 404 g/mol. The molecule has 2 rings (SSSR count). The van der Waals surface area contributed by atoms with Crippen molar-refractivity contribution in [1.29, 1.82) is 0 Å². The zero-order chi connectivity index (χ0) is 20.9. The summed E-state index contributed by atoms with van der Waals surface area (Å²) in [6, 6.07) is 11.7. The Morgan fingerprint density at radius 1 is 1.14 bits per heavy atom. The lowest BCUT2D eigenvalue weighted by atomic mass is 10.1. The molecule has 2 aromatic rings. The molecular formula is C21H28N2O4S. The van der Waals surface area contributed by atoms with Gasteiger partial charge in [0.05, 0.1) is 12.0 Å². The number of sulfonamides is 1. The first-order valence-corrected chi connectivity index (χ1v) is 10.6. The van der Waals surface area contributed by atoms with Gasteiger partial charge in [-0.25, -0.2) is 8.42 Å². The van der Waals surface area contributed by atoms with Crippen LogP contribution in [0.3, 0.4) is 0 Å². The van der Waals surface area contributed by atoms with Gasteiger partial charge in [0.25, 0.3) is 5.91 Å². The van der Waals surface area contributed by atoms with Crippen molar-refractivity contribution >= 4 is 15.9 Å². The molecule has 0 saturated heterocycles. The topological polar surface area (TPSA) is 75.7 Å². The van der Waals surface area contributed by atoms with Gasteiger partial charge in [0.1, 0.15) is 5.75 Å². The number of aryl methyl sites for hydroxylation is 1. The van der Waals surface area contributed by atoms with Gasteiger partial charge in [-0.2, -0.15) is 4.31 Å². The molecule has 0 bridgehead atoms. The van der Waals surface area contributed by atoms with Crippen LogP contribution in [0.5, 0.6) is 5.75 Å². The number of nitrogens with one attached hydrogen (secondary N) is 1. The quantitative estimate of drug-likeness (QED) is 0.733. The first kappa shape index (κ1) is 21.9. The van der Waals surface area contributed by atoms with Gasteiger partial charge in [-0.3, -0.25) is 4.79 Å². The number of carbonyl (C=O) groups excluding carboxylic acids is 1. The lowest BCUT2D eigenvalue weighted by Gasteiger charge is -2.19. The van der Waals surface area contributed by atoms with E-state index in [1.54, 1.807) is 42.5 Å². The second-order valence-corrected chi connectivity index (χ2v) is 9.25. The third-order valence-corrected chi connectivity index (χ3v) is 6.15. The molecule has 0 unspecified atom stereocenters. The Kier molecular flexibility index (Phi) is 7.21. The van der Waals surface area contributed by atoms with Gasteiger partial charge in [0, 0.05) is 31.3 Å². The minimum Gasteiger partial charge on any atom is -0.496 e. The standard InChI is InChI=1S/C21H28N2O4S/c1-15(2)13-22-21(24)17-8-11-20(27-5)18(12-17)14-23(4)28(25,26)19-9-6-16(3)7-10-19/h6-12,15H,13-14H2,1-5H3,(H,22,24). The summed E-state index contributed by atoms with van der Waals surface area (Å²) in [6.45, 7) is 6.60. The number of ether oxygens (including phenoxy) is 1. The number of carbonyl (C=O) groups is 1. The van der Waals surface area contributed by atoms with Crippen LogP contribution in [0.15, 0.2) is 47.4 Å². The van der Waals surface area contributed by atoms with Gasteiger partial charge in [0.15, 0.2) is 0 Å². The average Bonchev–Trinajstić information content (AvgIpc) is 2.66. The fourth-order valence-electron chi connectivity index (χ4n) is 2.66. The van der Waals surface area contributed by atoms with Crippen LogP contribution in [0.25, 0.3) is 0 Å². The first-order valence-electron chi connectivity index (χ1n) is 9.13. The van der Waals surface area contributed by atoms with Crippen LogP contribution < -0.4 is 10.1 Å². The molecule has 28 heavy (non-hydrogen) atoms. The van der Waals surface area contributed by atoms with Crippen LogP contribution in [-0.2, 0) is 16.6 Å². The number of amides is 1. The fraction of sp³-hybridized carbons (Fsp3) is 0.381. The number of methoxy groups -OCH3 is 1. The summed E-state index contributed by atoms with van der Waals surface area (Å²) in [5, 5.41) is 2.87. The molecule has 6 nitrogen and oxygen atoms in total. The number of benzene rings is 2. The van der Waals surface area contributed by atoms with Crippen LogP contribution in [0.1, 0.15) is 35.3 Å². The van der Waals surface area contributed by atoms with Gasteiger partial charge in [-0.05, 0) is 43.2 Å². The first-order chi connectivity index (χ1) is 13.1. The van der Waals surface area contributed by atoms with E-state index in [0.29, 0.717) is 29.3 Å². The highest BCUT2D eigenvalue weighted by atomic mass is 32.2. The number of hydrogen-bond acceptors (Lipinski definition) is 4. The maximum atomic E-state index is 12.8. The molecule has 0 radical (unpaired) electrons. The van der Waals surface area contributed by atoms with Crippen molar-refractivity contribution in [3.05, 3.63) is 59.2 Å². The van der Waals surface area contributed by atoms with Gasteiger partial charge in [-0.1, -0.05) is 31.5 Å². The maximum Gasteiger partial charge on any atom is 0.251 e. The van der Waals surface area contributed by atoms with Gasteiger partial charge in [0.2, 0.25) is 10.0 Å². The van der Waals surface area contributed by atoms with Crippen LogP contribution in [0.4, 0.5) is 0 Å². The predicted octanol–water partition coefficient (Wildman–Crippen LogP) is 3.21. The van der Waals surface area contributed by atoms with Crippen LogP contribution in [-0.4, -0.2) is 39.3 Å². The predicted molar refractivity (Wildman–Crippen MR) is 110 cm³/mol. The average molecular weight is 405 g/mol. The molecule has 152 valence electrons. The Bertz CT molecular complexity index is 922. The van der Waals surface area contributed by atoms with Crippen molar-refractivity contribution in [2.45, 2.75) is 32.2 Å². The lowest BCUT2D eigenvalue weighted by molar-refractivity contribution is 0.0949. The molecule has 0 aromatic heterocycles. The molecule has 0 saturated carbocycles. The van der Waals surface area contributed by atoms with E-state index in [-0.39, 0.29) is 17.3 Å². The third kappa shape index (κ3) is 5.33. The highest BCUT2D eigenvalue weighted by Crippen LogP contribution is 2.24. The summed E-state index contributed by atoms with van der Waals surface area (Å²) in [7, 11) is -0.623. The van der Waals surface area contributed by atoms with Crippen LogP contribution in [0, 0.1) is 12.8 Å². The summed E-state index contributed by atoms with van der Waals surface area (Å²) in [5.74, 6) is 0.681. The highest BCUT2D eigenvalue weighted by molar-refractivity contribution is 7.89. The van der Waals surface area contributed by atoms with Gasteiger partial charge < -0.3 is 10.1 Å². The molecule has 0 aliphatic carbocycles. The summed E-state index contributed by atoms with van der Waals surface area (Å²) in [4.78, 5) is 12.6. The number of hydrogen-bond donors (Lipinski definition) is 1. The molecule has 7 heteroatoms. The smallest absolute Gasteiger partial charge is 0.251 e. The maximum absolute atomic E-state index is 12.8. The Hall–Kier alpha value is -2.38. The molecule has 0 aliphatic heterocycles. The molecule has 0 aliphatic rings. The van der Waals surface area contributed by atoms with Crippen molar-refractivity contribution in [2.24, 2.45) is 5.92 Å². The number of nitrogens with zero attached hydrogens (tertiary/aromatic N) is 1. The van der Waals surface area contributed by atoms with E-state index in [9.17, 15) is 13.2 Å². The molecule has 2 aromatic carbocycles. The molecule has 1 N–H and O–H groups in total. The van der Waals surface area contributed by atoms with Gasteiger partial charge >= 0.3 is 0 Å². The second-order valence-electron chi connectivity index (χ2n) is 7.20. The van der Waals surface area contributed by atoms with E-state index in [2.05, 4.69) is 5.32 Å². The summed E-state index contributed by atoms with van der Waals surface area (Å²) >= 11 is 0. The molecule has 0 spiro atoms. The SMILES string of the molecule is COc1ccc(C(=O)NCC(C)C)cc1CN(C)S(=O)(=O)c1ccc(C)cc1. The van der Waals surface area contributed by atoms with Crippen molar-refractivity contribution in [3.8, 4) is 5.75 Å². The molecule has 0 atom stereocenters. The van der Waals surface area contributed by atoms with E-state index in [4.69, 9.17) is 4.74 Å².